The maximum atomic E-state index is 5.51. The third-order valence-electron chi connectivity index (χ3n) is 2.30. The molecule has 2 nitrogen and oxygen atoms in total. The van der Waals surface area contributed by atoms with Crippen LogP contribution >= 0.6 is 15.9 Å². The van der Waals surface area contributed by atoms with Crippen molar-refractivity contribution in [3.63, 3.8) is 0 Å². The minimum absolute atomic E-state index is 0.326. The van der Waals surface area contributed by atoms with Crippen molar-refractivity contribution in [2.75, 3.05) is 18.5 Å². The lowest BCUT2D eigenvalue weighted by Crippen LogP contribution is -2.34. The number of hydrogen-bond donors (Lipinski definition) is 0. The molecule has 1 atom stereocenters. The Bertz CT molecular complexity index is 121. The first kappa shape index (κ1) is 9.49. The summed E-state index contributed by atoms with van der Waals surface area (Å²) in [5.41, 5.74) is 0. The fourth-order valence-electron chi connectivity index (χ4n) is 1.24. The van der Waals surface area contributed by atoms with Gasteiger partial charge in [-0.15, -0.1) is 0 Å². The molecule has 3 heteroatoms. The van der Waals surface area contributed by atoms with Gasteiger partial charge in [-0.2, -0.15) is 0 Å². The predicted molar refractivity (Wildman–Crippen MR) is 47.9 cm³/mol. The van der Waals surface area contributed by atoms with Gasteiger partial charge in [0.05, 0.1) is 13.2 Å². The summed E-state index contributed by atoms with van der Waals surface area (Å²) in [6, 6.07) is 0. The molecule has 11 heavy (non-hydrogen) atoms. The molecular formula is C8H15BrO2. The van der Waals surface area contributed by atoms with Crippen molar-refractivity contribution in [2.45, 2.75) is 26.1 Å². The summed E-state index contributed by atoms with van der Waals surface area (Å²) in [7, 11) is 0. The Hall–Kier alpha value is 0.400. The number of alkyl halides is 1. The first-order valence-electron chi connectivity index (χ1n) is 4.03. The zero-order valence-electron chi connectivity index (χ0n) is 7.10. The lowest BCUT2D eigenvalue weighted by molar-refractivity contribution is -0.177. The molecule has 0 spiro atoms. The van der Waals surface area contributed by atoms with Crippen molar-refractivity contribution in [2.24, 2.45) is 5.92 Å². The van der Waals surface area contributed by atoms with Crippen LogP contribution in [0, 0.1) is 5.92 Å². The fraction of sp³-hybridized carbons (Fsp3) is 1.00. The molecule has 0 bridgehead atoms. The topological polar surface area (TPSA) is 18.5 Å². The normalized spacial score (nSPS) is 25.4. The van der Waals surface area contributed by atoms with Crippen LogP contribution in [-0.4, -0.2) is 24.3 Å². The van der Waals surface area contributed by atoms with Crippen molar-refractivity contribution in [3.05, 3.63) is 0 Å². The molecule has 0 saturated carbocycles. The Morgan fingerprint density at radius 1 is 1.45 bits per heavy atom. The molecule has 0 aromatic heterocycles. The molecule has 1 unspecified atom stereocenters. The van der Waals surface area contributed by atoms with Crippen molar-refractivity contribution in [1.82, 2.24) is 0 Å². The smallest absolute Gasteiger partial charge is 0.168 e. The standard InChI is InChI=1S/C8H15BrO2/c1-7(3-4-9)8(2)10-5-6-11-8/h7H,3-6H2,1-2H3. The Morgan fingerprint density at radius 2 is 2.00 bits per heavy atom. The van der Waals surface area contributed by atoms with Crippen LogP contribution in [-0.2, 0) is 9.47 Å². The molecule has 1 rings (SSSR count). The molecule has 1 aliphatic rings. The molecule has 0 aliphatic carbocycles. The average molecular weight is 223 g/mol. The summed E-state index contributed by atoms with van der Waals surface area (Å²) in [5, 5.41) is 1.01. The average Bonchev–Trinajstić information content (AvgIpc) is 2.38. The van der Waals surface area contributed by atoms with E-state index in [1.807, 2.05) is 6.92 Å². The van der Waals surface area contributed by atoms with Gasteiger partial charge in [0.25, 0.3) is 0 Å². The summed E-state index contributed by atoms with van der Waals surface area (Å²) in [4.78, 5) is 0. The Morgan fingerprint density at radius 3 is 2.45 bits per heavy atom. The Labute approximate surface area is 76.4 Å². The van der Waals surface area contributed by atoms with Crippen LogP contribution in [0.2, 0.25) is 0 Å². The summed E-state index contributed by atoms with van der Waals surface area (Å²) in [6.07, 6.45) is 1.09. The van der Waals surface area contributed by atoms with Crippen LogP contribution in [0.15, 0.2) is 0 Å². The second-order valence-corrected chi connectivity index (χ2v) is 3.88. The van der Waals surface area contributed by atoms with Gasteiger partial charge in [-0.05, 0) is 13.3 Å². The van der Waals surface area contributed by atoms with E-state index in [1.165, 1.54) is 0 Å². The summed E-state index contributed by atoms with van der Waals surface area (Å²) in [6.45, 7) is 5.66. The van der Waals surface area contributed by atoms with E-state index in [4.69, 9.17) is 9.47 Å². The summed E-state index contributed by atoms with van der Waals surface area (Å²) in [5.74, 6) is 0.137. The Balaban J connectivity index is 2.42. The van der Waals surface area contributed by atoms with Crippen LogP contribution in [0.3, 0.4) is 0 Å². The molecule has 1 aliphatic heterocycles. The second kappa shape index (κ2) is 3.87. The van der Waals surface area contributed by atoms with Gasteiger partial charge in [-0.25, -0.2) is 0 Å². The van der Waals surface area contributed by atoms with Gasteiger partial charge in [0.1, 0.15) is 0 Å². The van der Waals surface area contributed by atoms with Gasteiger partial charge in [0.2, 0.25) is 0 Å². The minimum atomic E-state index is -0.326. The summed E-state index contributed by atoms with van der Waals surface area (Å²) >= 11 is 3.41. The molecule has 0 aromatic carbocycles. The molecule has 1 saturated heterocycles. The zero-order chi connectivity index (χ0) is 8.32. The van der Waals surface area contributed by atoms with Crippen LogP contribution in [0.4, 0.5) is 0 Å². The lowest BCUT2D eigenvalue weighted by Gasteiger charge is -2.28. The van der Waals surface area contributed by atoms with Gasteiger partial charge >= 0.3 is 0 Å². The van der Waals surface area contributed by atoms with Crippen molar-refractivity contribution < 1.29 is 9.47 Å². The largest absolute Gasteiger partial charge is 0.348 e. The molecule has 66 valence electrons. The molecule has 1 fully saturated rings. The van der Waals surface area contributed by atoms with Crippen molar-refractivity contribution in [1.29, 1.82) is 0 Å². The van der Waals surface area contributed by atoms with Crippen molar-refractivity contribution >= 4 is 15.9 Å². The van der Waals surface area contributed by atoms with Crippen LogP contribution in [0.25, 0.3) is 0 Å². The molecular weight excluding hydrogens is 208 g/mol. The first-order valence-corrected chi connectivity index (χ1v) is 5.15. The highest BCUT2D eigenvalue weighted by atomic mass is 79.9. The van der Waals surface area contributed by atoms with E-state index in [0.29, 0.717) is 5.92 Å². The summed E-state index contributed by atoms with van der Waals surface area (Å²) < 4.78 is 11.0. The van der Waals surface area contributed by atoms with Crippen LogP contribution in [0.1, 0.15) is 20.3 Å². The number of rotatable bonds is 3. The van der Waals surface area contributed by atoms with E-state index in [0.717, 1.165) is 25.0 Å². The second-order valence-electron chi connectivity index (χ2n) is 3.09. The van der Waals surface area contributed by atoms with Gasteiger partial charge in [-0.1, -0.05) is 22.9 Å². The Kier molecular flexibility index (Phi) is 3.34. The first-order chi connectivity index (χ1) is 5.19. The maximum absolute atomic E-state index is 5.51. The molecule has 0 radical (unpaired) electrons. The quantitative estimate of drug-likeness (QED) is 0.682. The van der Waals surface area contributed by atoms with E-state index < -0.39 is 0 Å². The van der Waals surface area contributed by atoms with Crippen molar-refractivity contribution in [3.8, 4) is 0 Å². The molecule has 0 N–H and O–H groups in total. The minimum Gasteiger partial charge on any atom is -0.348 e. The zero-order valence-corrected chi connectivity index (χ0v) is 8.69. The van der Waals surface area contributed by atoms with Gasteiger partial charge < -0.3 is 9.47 Å². The van der Waals surface area contributed by atoms with Crippen LogP contribution < -0.4 is 0 Å². The predicted octanol–water partition coefficient (Wildman–Crippen LogP) is 2.17. The lowest BCUT2D eigenvalue weighted by atomic mass is 10.00. The van der Waals surface area contributed by atoms with E-state index in [1.54, 1.807) is 0 Å². The van der Waals surface area contributed by atoms with E-state index in [9.17, 15) is 0 Å². The van der Waals surface area contributed by atoms with Gasteiger partial charge in [0, 0.05) is 11.2 Å². The third kappa shape index (κ3) is 2.17. The third-order valence-corrected chi connectivity index (χ3v) is 2.76. The SMILES string of the molecule is CC(CCBr)C1(C)OCCO1. The van der Waals surface area contributed by atoms with Gasteiger partial charge in [0.15, 0.2) is 5.79 Å². The number of ether oxygens (including phenoxy) is 2. The molecule has 0 aromatic rings. The van der Waals surface area contributed by atoms with E-state index in [-0.39, 0.29) is 5.79 Å². The monoisotopic (exact) mass is 222 g/mol. The molecule has 1 heterocycles. The molecule has 0 amide bonds. The van der Waals surface area contributed by atoms with Gasteiger partial charge in [-0.3, -0.25) is 0 Å². The number of halogens is 1. The van der Waals surface area contributed by atoms with E-state index in [2.05, 4.69) is 22.9 Å². The number of hydrogen-bond acceptors (Lipinski definition) is 2. The fourth-order valence-corrected chi connectivity index (χ4v) is 1.93. The highest BCUT2D eigenvalue weighted by molar-refractivity contribution is 9.09. The highest BCUT2D eigenvalue weighted by Gasteiger charge is 2.36. The van der Waals surface area contributed by atoms with Crippen LogP contribution in [0.5, 0.6) is 0 Å². The maximum Gasteiger partial charge on any atom is 0.168 e. The highest BCUT2D eigenvalue weighted by Crippen LogP contribution is 2.29. The van der Waals surface area contributed by atoms with E-state index >= 15 is 0 Å².